The van der Waals surface area contributed by atoms with E-state index in [1.807, 2.05) is 0 Å². The quantitative estimate of drug-likeness (QED) is 0.627. The molecule has 0 radical (unpaired) electrons. The summed E-state index contributed by atoms with van der Waals surface area (Å²) >= 11 is 0. The summed E-state index contributed by atoms with van der Waals surface area (Å²) in [5.41, 5.74) is -0.168. The Labute approximate surface area is 130 Å². The molecule has 4 nitrogen and oxygen atoms in total. The van der Waals surface area contributed by atoms with Crippen molar-refractivity contribution in [1.29, 1.82) is 0 Å². The first kappa shape index (κ1) is 17.4. The van der Waals surface area contributed by atoms with Crippen LogP contribution in [0.15, 0.2) is 12.2 Å². The van der Waals surface area contributed by atoms with Gasteiger partial charge in [0.15, 0.2) is 9.03 Å². The van der Waals surface area contributed by atoms with Crippen molar-refractivity contribution in [3.05, 3.63) is 12.2 Å². The van der Waals surface area contributed by atoms with E-state index in [0.29, 0.717) is 32.2 Å². The molecule has 0 aliphatic carbocycles. The minimum atomic E-state index is -0.303. The molecule has 1 spiro atoms. The van der Waals surface area contributed by atoms with Crippen molar-refractivity contribution in [1.82, 2.24) is 0 Å². The lowest BCUT2D eigenvalue weighted by molar-refractivity contribution is -0.0761. The smallest absolute Gasteiger partial charge is 0.155 e. The van der Waals surface area contributed by atoms with E-state index in [9.17, 15) is 5.11 Å². The molecule has 4 unspecified atom stereocenters. The van der Waals surface area contributed by atoms with Gasteiger partial charge < -0.3 is 18.9 Å². The Hall–Kier alpha value is 0.01000. The summed E-state index contributed by atoms with van der Waals surface area (Å²) in [6.45, 7) is 8.40. The molecule has 5 heteroatoms. The molecule has 0 amide bonds. The Morgan fingerprint density at radius 2 is 2.05 bits per heavy atom. The molecular formula is C16H29O4P. The van der Waals surface area contributed by atoms with Crippen LogP contribution in [-0.2, 0) is 13.8 Å². The van der Waals surface area contributed by atoms with Crippen LogP contribution in [0.5, 0.6) is 0 Å². The van der Waals surface area contributed by atoms with E-state index in [1.54, 1.807) is 0 Å². The monoisotopic (exact) mass is 316 g/mol. The molecule has 2 aliphatic heterocycles. The minimum absolute atomic E-state index is 0.0974. The molecule has 1 saturated heterocycles. The largest absolute Gasteiger partial charge is 0.393 e. The lowest BCUT2D eigenvalue weighted by Gasteiger charge is -2.37. The number of hydrogen-bond donors (Lipinski definition) is 1. The molecule has 21 heavy (non-hydrogen) atoms. The number of hydrogen-bond acceptors (Lipinski definition) is 4. The van der Waals surface area contributed by atoms with Crippen molar-refractivity contribution in [3.8, 4) is 0 Å². The summed E-state index contributed by atoms with van der Waals surface area (Å²) in [5.74, 6) is 0.693. The summed E-state index contributed by atoms with van der Waals surface area (Å²) in [6.07, 6.45) is 6.79. The molecule has 1 N–H and O–H groups in total. The van der Waals surface area contributed by atoms with Crippen molar-refractivity contribution < 1.29 is 18.9 Å². The standard InChI is InChI=1S/C16H29O4P/c1-4-12(2)15-8-14(17)13(3)6-5-7-16(9-18-15)10-19-21-20-11-16/h5,7,12-15,17,21H,4,6,8-11H2,1-3H3/b7-5-. The maximum Gasteiger partial charge on any atom is 0.155 e. The number of aliphatic hydroxyl groups is 1. The zero-order valence-corrected chi connectivity index (χ0v) is 14.4. The highest BCUT2D eigenvalue weighted by atomic mass is 31.1. The molecule has 0 saturated carbocycles. The van der Waals surface area contributed by atoms with Gasteiger partial charge in [-0.2, -0.15) is 0 Å². The summed E-state index contributed by atoms with van der Waals surface area (Å²) in [6, 6.07) is 0. The molecule has 0 aromatic rings. The summed E-state index contributed by atoms with van der Waals surface area (Å²) in [7, 11) is 0.144. The van der Waals surface area contributed by atoms with Crippen LogP contribution < -0.4 is 0 Å². The van der Waals surface area contributed by atoms with E-state index in [0.717, 1.165) is 12.8 Å². The van der Waals surface area contributed by atoms with E-state index in [4.69, 9.17) is 13.8 Å². The summed E-state index contributed by atoms with van der Waals surface area (Å²) in [4.78, 5) is 0. The highest BCUT2D eigenvalue weighted by molar-refractivity contribution is 7.26. The molecular weight excluding hydrogens is 287 g/mol. The third-order valence-corrected chi connectivity index (χ3v) is 5.33. The number of aliphatic hydroxyl groups excluding tert-OH is 1. The summed E-state index contributed by atoms with van der Waals surface area (Å²) < 4.78 is 17.3. The van der Waals surface area contributed by atoms with Crippen LogP contribution in [0.2, 0.25) is 0 Å². The third kappa shape index (κ3) is 4.74. The van der Waals surface area contributed by atoms with Crippen LogP contribution in [0.3, 0.4) is 0 Å². The average Bonchev–Trinajstić information content (AvgIpc) is 2.50. The molecule has 122 valence electrons. The Kier molecular flexibility index (Phi) is 6.64. The second-order valence-electron chi connectivity index (χ2n) is 6.68. The van der Waals surface area contributed by atoms with Gasteiger partial charge in [0.2, 0.25) is 0 Å². The first-order chi connectivity index (χ1) is 10.1. The van der Waals surface area contributed by atoms with Gasteiger partial charge in [-0.1, -0.05) is 39.3 Å². The molecule has 1 fully saturated rings. The van der Waals surface area contributed by atoms with Crippen molar-refractivity contribution in [2.75, 3.05) is 19.8 Å². The molecule has 0 aromatic heterocycles. The van der Waals surface area contributed by atoms with Crippen LogP contribution in [0, 0.1) is 17.3 Å². The van der Waals surface area contributed by atoms with Crippen LogP contribution in [0.4, 0.5) is 0 Å². The third-order valence-electron chi connectivity index (χ3n) is 4.81. The lowest BCUT2D eigenvalue weighted by Crippen LogP contribution is -2.40. The predicted octanol–water partition coefficient (Wildman–Crippen LogP) is 3.31. The number of allylic oxidation sites excluding steroid dienone is 1. The minimum Gasteiger partial charge on any atom is -0.393 e. The number of ether oxygens (including phenoxy) is 1. The fourth-order valence-electron chi connectivity index (χ4n) is 2.82. The number of rotatable bonds is 2. The highest BCUT2D eigenvalue weighted by Crippen LogP contribution is 2.36. The van der Waals surface area contributed by atoms with Gasteiger partial charge in [-0.25, -0.2) is 0 Å². The van der Waals surface area contributed by atoms with E-state index < -0.39 is 0 Å². The van der Waals surface area contributed by atoms with Crippen LogP contribution >= 0.6 is 9.03 Å². The van der Waals surface area contributed by atoms with Crippen molar-refractivity contribution in [2.24, 2.45) is 17.3 Å². The fourth-order valence-corrected chi connectivity index (χ4v) is 3.59. The van der Waals surface area contributed by atoms with Crippen molar-refractivity contribution in [2.45, 2.75) is 52.2 Å². The van der Waals surface area contributed by atoms with Crippen molar-refractivity contribution in [3.63, 3.8) is 0 Å². The predicted molar refractivity (Wildman–Crippen MR) is 85.4 cm³/mol. The molecule has 2 aliphatic rings. The summed E-state index contributed by atoms with van der Waals surface area (Å²) in [5, 5.41) is 10.4. The second kappa shape index (κ2) is 8.03. The zero-order chi connectivity index (χ0) is 15.3. The lowest BCUT2D eigenvalue weighted by atomic mass is 9.85. The molecule has 2 rings (SSSR count). The van der Waals surface area contributed by atoms with Gasteiger partial charge >= 0.3 is 0 Å². The molecule has 4 atom stereocenters. The van der Waals surface area contributed by atoms with Gasteiger partial charge in [-0.3, -0.25) is 0 Å². The highest BCUT2D eigenvalue weighted by Gasteiger charge is 2.35. The molecule has 2 heterocycles. The Bertz CT molecular complexity index is 341. The SMILES string of the molecule is CCC(C)C1CC(O)C(C)C/C=C\C2(COPOC2)CO1. The maximum absolute atomic E-state index is 10.4. The van der Waals surface area contributed by atoms with Gasteiger partial charge in [-0.05, 0) is 18.3 Å². The van der Waals surface area contributed by atoms with Gasteiger partial charge in [0.1, 0.15) is 0 Å². The van der Waals surface area contributed by atoms with E-state index in [1.165, 1.54) is 0 Å². The normalized spacial score (nSPS) is 42.8. The first-order valence-corrected chi connectivity index (χ1v) is 8.84. The van der Waals surface area contributed by atoms with Crippen molar-refractivity contribution >= 4 is 9.03 Å². The van der Waals surface area contributed by atoms with Crippen LogP contribution in [-0.4, -0.2) is 37.1 Å². The Morgan fingerprint density at radius 3 is 2.71 bits per heavy atom. The van der Waals surface area contributed by atoms with Gasteiger partial charge in [0.05, 0.1) is 37.4 Å². The van der Waals surface area contributed by atoms with Crippen LogP contribution in [0.25, 0.3) is 0 Å². The zero-order valence-electron chi connectivity index (χ0n) is 13.4. The van der Waals surface area contributed by atoms with Gasteiger partial charge in [-0.15, -0.1) is 0 Å². The topological polar surface area (TPSA) is 47.9 Å². The Balaban J connectivity index is 2.14. The van der Waals surface area contributed by atoms with E-state index >= 15 is 0 Å². The van der Waals surface area contributed by atoms with Gasteiger partial charge in [0.25, 0.3) is 0 Å². The second-order valence-corrected chi connectivity index (χ2v) is 7.42. The van der Waals surface area contributed by atoms with E-state index in [-0.39, 0.29) is 32.6 Å². The van der Waals surface area contributed by atoms with Crippen LogP contribution in [0.1, 0.15) is 40.0 Å². The Morgan fingerprint density at radius 1 is 1.33 bits per heavy atom. The molecule has 0 aromatic carbocycles. The average molecular weight is 316 g/mol. The first-order valence-electron chi connectivity index (χ1n) is 8.02. The molecule has 0 bridgehead atoms. The maximum atomic E-state index is 10.4. The van der Waals surface area contributed by atoms with Gasteiger partial charge in [0, 0.05) is 6.42 Å². The van der Waals surface area contributed by atoms with E-state index in [2.05, 4.69) is 32.9 Å². The fraction of sp³-hybridized carbons (Fsp3) is 0.875.